The van der Waals surface area contributed by atoms with Crippen LogP contribution in [0.25, 0.3) is 0 Å². The van der Waals surface area contributed by atoms with E-state index in [2.05, 4.69) is 10.2 Å². The SMILES string of the molecule is Cc1ccc(CNC(=O)CN2CCCCC2CN)cc1F. The summed E-state index contributed by atoms with van der Waals surface area (Å²) in [6.45, 7) is 3.97. The molecule has 1 heterocycles. The fourth-order valence-electron chi connectivity index (χ4n) is 2.72. The lowest BCUT2D eigenvalue weighted by Gasteiger charge is -2.34. The first-order valence-corrected chi connectivity index (χ1v) is 7.56. The predicted molar refractivity (Wildman–Crippen MR) is 81.3 cm³/mol. The van der Waals surface area contributed by atoms with Crippen LogP contribution in [0.5, 0.6) is 0 Å². The molecular formula is C16H24FN3O. The lowest BCUT2D eigenvalue weighted by Crippen LogP contribution is -2.48. The van der Waals surface area contributed by atoms with Gasteiger partial charge in [0.1, 0.15) is 5.82 Å². The molecule has 0 radical (unpaired) electrons. The van der Waals surface area contributed by atoms with Crippen LogP contribution < -0.4 is 11.1 Å². The Morgan fingerprint density at radius 1 is 1.48 bits per heavy atom. The number of likely N-dealkylation sites (tertiary alicyclic amines) is 1. The van der Waals surface area contributed by atoms with E-state index in [0.29, 0.717) is 31.2 Å². The van der Waals surface area contributed by atoms with Gasteiger partial charge in [0.25, 0.3) is 0 Å². The first kappa shape index (κ1) is 15.9. The summed E-state index contributed by atoms with van der Waals surface area (Å²) in [5.74, 6) is -0.266. The topological polar surface area (TPSA) is 58.4 Å². The molecular weight excluding hydrogens is 269 g/mol. The molecule has 1 aromatic rings. The first-order valence-electron chi connectivity index (χ1n) is 7.56. The Kier molecular flexibility index (Phi) is 5.70. The van der Waals surface area contributed by atoms with Gasteiger partial charge in [-0.25, -0.2) is 4.39 Å². The molecule has 5 heteroatoms. The molecule has 0 aliphatic carbocycles. The summed E-state index contributed by atoms with van der Waals surface area (Å²) >= 11 is 0. The largest absolute Gasteiger partial charge is 0.351 e. The van der Waals surface area contributed by atoms with E-state index >= 15 is 0 Å². The number of carbonyl (C=O) groups excluding carboxylic acids is 1. The minimum Gasteiger partial charge on any atom is -0.351 e. The van der Waals surface area contributed by atoms with Crippen molar-refractivity contribution >= 4 is 5.91 Å². The van der Waals surface area contributed by atoms with Gasteiger partial charge in [0.2, 0.25) is 5.91 Å². The number of rotatable bonds is 5. The van der Waals surface area contributed by atoms with Crippen molar-refractivity contribution in [1.29, 1.82) is 0 Å². The summed E-state index contributed by atoms with van der Waals surface area (Å²) in [4.78, 5) is 14.2. The Morgan fingerprint density at radius 2 is 2.29 bits per heavy atom. The molecule has 21 heavy (non-hydrogen) atoms. The molecule has 116 valence electrons. The number of nitrogens with one attached hydrogen (secondary N) is 1. The van der Waals surface area contributed by atoms with Gasteiger partial charge < -0.3 is 11.1 Å². The average molecular weight is 293 g/mol. The molecule has 3 N–H and O–H groups in total. The maximum atomic E-state index is 13.4. The van der Waals surface area contributed by atoms with E-state index in [-0.39, 0.29) is 11.7 Å². The number of hydrogen-bond acceptors (Lipinski definition) is 3. The Balaban J connectivity index is 1.82. The number of aryl methyl sites for hydroxylation is 1. The quantitative estimate of drug-likeness (QED) is 0.866. The minimum atomic E-state index is -0.235. The second-order valence-corrected chi connectivity index (χ2v) is 5.72. The zero-order chi connectivity index (χ0) is 15.2. The molecule has 1 aliphatic heterocycles. The zero-order valence-corrected chi connectivity index (χ0v) is 12.6. The lowest BCUT2D eigenvalue weighted by molar-refractivity contribution is -0.123. The van der Waals surface area contributed by atoms with Crippen LogP contribution in [0.4, 0.5) is 4.39 Å². The molecule has 0 bridgehead atoms. The second-order valence-electron chi connectivity index (χ2n) is 5.72. The standard InChI is InChI=1S/C16H24FN3O/c1-12-5-6-13(8-15(12)17)10-19-16(21)11-20-7-3-2-4-14(20)9-18/h5-6,8,14H,2-4,7,9-11,18H2,1H3,(H,19,21). The highest BCUT2D eigenvalue weighted by atomic mass is 19.1. The van der Waals surface area contributed by atoms with Crippen LogP contribution in [-0.2, 0) is 11.3 Å². The van der Waals surface area contributed by atoms with Gasteiger partial charge in [-0.1, -0.05) is 18.6 Å². The Labute approximate surface area is 125 Å². The second kappa shape index (κ2) is 7.52. The van der Waals surface area contributed by atoms with Gasteiger partial charge >= 0.3 is 0 Å². The molecule has 0 aromatic heterocycles. The van der Waals surface area contributed by atoms with Crippen molar-refractivity contribution in [2.75, 3.05) is 19.6 Å². The van der Waals surface area contributed by atoms with Crippen molar-refractivity contribution in [2.24, 2.45) is 5.73 Å². The molecule has 1 fully saturated rings. The van der Waals surface area contributed by atoms with Crippen molar-refractivity contribution in [2.45, 2.75) is 38.8 Å². The number of carbonyl (C=O) groups is 1. The van der Waals surface area contributed by atoms with E-state index in [0.717, 1.165) is 24.9 Å². The number of benzene rings is 1. The molecule has 1 unspecified atom stereocenters. The highest BCUT2D eigenvalue weighted by Gasteiger charge is 2.22. The molecule has 1 saturated heterocycles. The van der Waals surface area contributed by atoms with E-state index in [1.54, 1.807) is 13.0 Å². The Hall–Kier alpha value is -1.46. The van der Waals surface area contributed by atoms with Gasteiger partial charge in [-0.2, -0.15) is 0 Å². The van der Waals surface area contributed by atoms with Gasteiger partial charge in [-0.05, 0) is 43.5 Å². The molecule has 2 rings (SSSR count). The van der Waals surface area contributed by atoms with Crippen molar-refractivity contribution in [3.05, 3.63) is 35.1 Å². The maximum Gasteiger partial charge on any atom is 0.234 e. The van der Waals surface area contributed by atoms with Crippen LogP contribution in [0.15, 0.2) is 18.2 Å². The zero-order valence-electron chi connectivity index (χ0n) is 12.6. The molecule has 1 aromatic carbocycles. The minimum absolute atomic E-state index is 0.0312. The van der Waals surface area contributed by atoms with Gasteiger partial charge in [0, 0.05) is 19.1 Å². The van der Waals surface area contributed by atoms with Crippen LogP contribution in [0, 0.1) is 12.7 Å². The van der Waals surface area contributed by atoms with Crippen molar-refractivity contribution in [1.82, 2.24) is 10.2 Å². The predicted octanol–water partition coefficient (Wildman–Crippen LogP) is 1.56. The third-order valence-corrected chi connectivity index (χ3v) is 4.09. The lowest BCUT2D eigenvalue weighted by atomic mass is 10.0. The number of nitrogens with zero attached hydrogens (tertiary/aromatic N) is 1. The summed E-state index contributed by atoms with van der Waals surface area (Å²) in [6.07, 6.45) is 3.36. The molecule has 0 saturated carbocycles. The molecule has 1 aliphatic rings. The van der Waals surface area contributed by atoms with Crippen molar-refractivity contribution < 1.29 is 9.18 Å². The molecule has 1 atom stereocenters. The third kappa shape index (κ3) is 4.51. The fraction of sp³-hybridized carbons (Fsp3) is 0.562. The van der Waals surface area contributed by atoms with Crippen LogP contribution in [0.2, 0.25) is 0 Å². The summed E-state index contributed by atoms with van der Waals surface area (Å²) in [5.41, 5.74) is 7.14. The summed E-state index contributed by atoms with van der Waals surface area (Å²) < 4.78 is 13.4. The number of hydrogen-bond donors (Lipinski definition) is 2. The van der Waals surface area contributed by atoms with Gasteiger partial charge in [0.15, 0.2) is 0 Å². The highest BCUT2D eigenvalue weighted by molar-refractivity contribution is 5.78. The van der Waals surface area contributed by atoms with Gasteiger partial charge in [-0.3, -0.25) is 9.69 Å². The number of halogens is 1. The van der Waals surface area contributed by atoms with Crippen molar-refractivity contribution in [3.63, 3.8) is 0 Å². The summed E-state index contributed by atoms with van der Waals surface area (Å²) in [7, 11) is 0. The van der Waals surface area contributed by atoms with E-state index in [1.807, 2.05) is 6.07 Å². The Morgan fingerprint density at radius 3 is 3.00 bits per heavy atom. The molecule has 0 spiro atoms. The summed E-state index contributed by atoms with van der Waals surface area (Å²) in [5, 5.41) is 2.85. The third-order valence-electron chi connectivity index (χ3n) is 4.09. The van der Waals surface area contributed by atoms with Gasteiger partial charge in [-0.15, -0.1) is 0 Å². The van der Waals surface area contributed by atoms with Crippen LogP contribution >= 0.6 is 0 Å². The van der Waals surface area contributed by atoms with Gasteiger partial charge in [0.05, 0.1) is 6.54 Å². The van der Waals surface area contributed by atoms with E-state index in [1.165, 1.54) is 12.5 Å². The first-order chi connectivity index (χ1) is 10.1. The van der Waals surface area contributed by atoms with Crippen LogP contribution in [0.3, 0.4) is 0 Å². The van der Waals surface area contributed by atoms with Crippen molar-refractivity contribution in [3.8, 4) is 0 Å². The van der Waals surface area contributed by atoms with E-state index < -0.39 is 0 Å². The molecule has 1 amide bonds. The van der Waals surface area contributed by atoms with Crippen LogP contribution in [-0.4, -0.2) is 36.5 Å². The highest BCUT2D eigenvalue weighted by Crippen LogP contribution is 2.15. The number of amides is 1. The van der Waals surface area contributed by atoms with E-state index in [9.17, 15) is 9.18 Å². The fourth-order valence-corrected chi connectivity index (χ4v) is 2.72. The van der Waals surface area contributed by atoms with Crippen LogP contribution in [0.1, 0.15) is 30.4 Å². The number of nitrogens with two attached hydrogens (primary N) is 1. The normalized spacial score (nSPS) is 19.5. The monoisotopic (exact) mass is 293 g/mol. The number of piperidine rings is 1. The average Bonchev–Trinajstić information content (AvgIpc) is 2.49. The van der Waals surface area contributed by atoms with E-state index in [4.69, 9.17) is 5.73 Å². The summed E-state index contributed by atoms with van der Waals surface area (Å²) in [6, 6.07) is 5.34. The maximum absolute atomic E-state index is 13.4. The molecule has 4 nitrogen and oxygen atoms in total. The smallest absolute Gasteiger partial charge is 0.234 e. The Bertz CT molecular complexity index is 492.